The van der Waals surface area contributed by atoms with Crippen molar-refractivity contribution in [3.63, 3.8) is 0 Å². The predicted octanol–water partition coefficient (Wildman–Crippen LogP) is 2.67. The lowest BCUT2D eigenvalue weighted by molar-refractivity contribution is 0.389. The molecule has 72 valence electrons. The highest BCUT2D eigenvalue weighted by Crippen LogP contribution is 2.20. The van der Waals surface area contributed by atoms with Crippen molar-refractivity contribution in [1.29, 1.82) is 0 Å². The van der Waals surface area contributed by atoms with Gasteiger partial charge in [0.2, 0.25) is 5.89 Å². The van der Waals surface area contributed by atoms with Gasteiger partial charge in [0.25, 0.3) is 0 Å². The second-order valence-electron chi connectivity index (χ2n) is 2.83. The summed E-state index contributed by atoms with van der Waals surface area (Å²) in [5.74, 6) is 2.12. The summed E-state index contributed by atoms with van der Waals surface area (Å²) in [4.78, 5) is 5.34. The smallest absolute Gasteiger partial charge is 0.223 e. The maximum Gasteiger partial charge on any atom is 0.223 e. The zero-order chi connectivity index (χ0) is 9.80. The quantitative estimate of drug-likeness (QED) is 0.724. The Balaban J connectivity index is 1.95. The summed E-state index contributed by atoms with van der Waals surface area (Å²) in [6.45, 7) is 1.80. The van der Waals surface area contributed by atoms with Crippen LogP contribution in [0.5, 0.6) is 0 Å². The molecule has 1 aromatic heterocycles. The molecular formula is C10H10N2OS. The number of hydrogen-bond acceptors (Lipinski definition) is 4. The molecule has 0 radical (unpaired) electrons. The third kappa shape index (κ3) is 2.35. The van der Waals surface area contributed by atoms with Crippen molar-refractivity contribution in [3.05, 3.63) is 42.0 Å². The van der Waals surface area contributed by atoms with Crippen LogP contribution >= 0.6 is 11.8 Å². The molecule has 1 heterocycles. The first-order chi connectivity index (χ1) is 6.84. The molecule has 0 bridgehead atoms. The van der Waals surface area contributed by atoms with Crippen molar-refractivity contribution in [2.75, 3.05) is 0 Å². The molecule has 0 aliphatic rings. The molecule has 0 aliphatic carbocycles. The Morgan fingerprint density at radius 3 is 2.71 bits per heavy atom. The van der Waals surface area contributed by atoms with Gasteiger partial charge in [-0.2, -0.15) is 4.98 Å². The number of aryl methyl sites for hydroxylation is 1. The summed E-state index contributed by atoms with van der Waals surface area (Å²) in [6.07, 6.45) is 0. The number of rotatable bonds is 3. The minimum Gasteiger partial charge on any atom is -0.340 e. The van der Waals surface area contributed by atoms with Crippen molar-refractivity contribution in [2.45, 2.75) is 17.6 Å². The van der Waals surface area contributed by atoms with Gasteiger partial charge in [-0.15, -0.1) is 11.8 Å². The maximum atomic E-state index is 4.88. The van der Waals surface area contributed by atoms with E-state index in [2.05, 4.69) is 22.3 Å². The van der Waals surface area contributed by atoms with E-state index in [1.54, 1.807) is 18.7 Å². The van der Waals surface area contributed by atoms with Gasteiger partial charge in [-0.25, -0.2) is 0 Å². The van der Waals surface area contributed by atoms with E-state index in [0.717, 1.165) is 11.6 Å². The van der Waals surface area contributed by atoms with Crippen LogP contribution in [0, 0.1) is 6.92 Å². The summed E-state index contributed by atoms with van der Waals surface area (Å²) in [5, 5.41) is 3.82. The Morgan fingerprint density at radius 1 is 1.29 bits per heavy atom. The number of benzene rings is 1. The van der Waals surface area contributed by atoms with Crippen molar-refractivity contribution < 1.29 is 4.52 Å². The minimum absolute atomic E-state index is 0.619. The topological polar surface area (TPSA) is 38.9 Å². The summed E-state index contributed by atoms with van der Waals surface area (Å²) in [7, 11) is 0. The minimum atomic E-state index is 0.619. The summed E-state index contributed by atoms with van der Waals surface area (Å²) in [6, 6.07) is 10.2. The summed E-state index contributed by atoms with van der Waals surface area (Å²) in [5.41, 5.74) is 0. The van der Waals surface area contributed by atoms with Crippen LogP contribution in [0.15, 0.2) is 39.8 Å². The second kappa shape index (κ2) is 4.28. The SMILES string of the molecule is Cc1nc(CSc2ccccc2)no1. The Bertz CT molecular complexity index is 400. The third-order valence-corrected chi connectivity index (χ3v) is 2.69. The molecule has 3 nitrogen and oxygen atoms in total. The molecular weight excluding hydrogens is 196 g/mol. The van der Waals surface area contributed by atoms with Crippen LogP contribution in [0.25, 0.3) is 0 Å². The molecule has 0 N–H and O–H groups in total. The van der Waals surface area contributed by atoms with Crippen LogP contribution in [-0.2, 0) is 5.75 Å². The first kappa shape index (κ1) is 9.27. The van der Waals surface area contributed by atoms with Gasteiger partial charge >= 0.3 is 0 Å². The lowest BCUT2D eigenvalue weighted by Crippen LogP contribution is -1.83. The van der Waals surface area contributed by atoms with E-state index in [0.29, 0.717) is 5.89 Å². The Morgan fingerprint density at radius 2 is 2.07 bits per heavy atom. The summed E-state index contributed by atoms with van der Waals surface area (Å²) >= 11 is 1.70. The highest BCUT2D eigenvalue weighted by atomic mass is 32.2. The molecule has 2 aromatic rings. The highest BCUT2D eigenvalue weighted by molar-refractivity contribution is 7.98. The van der Waals surface area contributed by atoms with E-state index in [4.69, 9.17) is 4.52 Å². The van der Waals surface area contributed by atoms with Crippen LogP contribution in [0.2, 0.25) is 0 Å². The van der Waals surface area contributed by atoms with Crippen molar-refractivity contribution in [2.24, 2.45) is 0 Å². The molecule has 14 heavy (non-hydrogen) atoms. The van der Waals surface area contributed by atoms with Crippen molar-refractivity contribution in [3.8, 4) is 0 Å². The largest absolute Gasteiger partial charge is 0.340 e. The van der Waals surface area contributed by atoms with Gasteiger partial charge < -0.3 is 4.52 Å². The molecule has 0 atom stereocenters. The normalized spacial score (nSPS) is 10.4. The number of thioether (sulfide) groups is 1. The van der Waals surface area contributed by atoms with Gasteiger partial charge in [0.15, 0.2) is 5.82 Å². The fraction of sp³-hybridized carbons (Fsp3) is 0.200. The fourth-order valence-corrected chi connectivity index (χ4v) is 1.83. The van der Waals surface area contributed by atoms with Crippen LogP contribution in [0.4, 0.5) is 0 Å². The highest BCUT2D eigenvalue weighted by Gasteiger charge is 2.02. The van der Waals surface area contributed by atoms with Crippen LogP contribution in [-0.4, -0.2) is 10.1 Å². The van der Waals surface area contributed by atoms with Crippen LogP contribution in [0.1, 0.15) is 11.7 Å². The van der Waals surface area contributed by atoms with Gasteiger partial charge in [0.05, 0.1) is 5.75 Å². The van der Waals surface area contributed by atoms with E-state index >= 15 is 0 Å². The fourth-order valence-electron chi connectivity index (χ4n) is 1.06. The van der Waals surface area contributed by atoms with Gasteiger partial charge in [-0.3, -0.25) is 0 Å². The van der Waals surface area contributed by atoms with E-state index < -0.39 is 0 Å². The molecule has 4 heteroatoms. The Labute approximate surface area is 86.5 Å². The molecule has 0 amide bonds. The first-order valence-corrected chi connectivity index (χ1v) is 5.30. The first-order valence-electron chi connectivity index (χ1n) is 4.31. The lowest BCUT2D eigenvalue weighted by atomic mass is 10.4. The molecule has 0 fully saturated rings. The van der Waals surface area contributed by atoms with Crippen LogP contribution < -0.4 is 0 Å². The van der Waals surface area contributed by atoms with Gasteiger partial charge in [-0.05, 0) is 12.1 Å². The molecule has 0 spiro atoms. The van der Waals surface area contributed by atoms with E-state index in [9.17, 15) is 0 Å². The predicted molar refractivity (Wildman–Crippen MR) is 55.0 cm³/mol. The average molecular weight is 206 g/mol. The number of nitrogens with zero attached hydrogens (tertiary/aromatic N) is 2. The molecule has 1 aromatic carbocycles. The zero-order valence-electron chi connectivity index (χ0n) is 7.80. The zero-order valence-corrected chi connectivity index (χ0v) is 8.62. The van der Waals surface area contributed by atoms with Gasteiger partial charge in [0.1, 0.15) is 0 Å². The number of hydrogen-bond donors (Lipinski definition) is 0. The number of aromatic nitrogens is 2. The maximum absolute atomic E-state index is 4.88. The van der Waals surface area contributed by atoms with E-state index in [1.165, 1.54) is 4.90 Å². The van der Waals surface area contributed by atoms with Crippen molar-refractivity contribution in [1.82, 2.24) is 10.1 Å². The van der Waals surface area contributed by atoms with Gasteiger partial charge in [0, 0.05) is 11.8 Å². The molecule has 0 saturated carbocycles. The monoisotopic (exact) mass is 206 g/mol. The average Bonchev–Trinajstić information content (AvgIpc) is 2.63. The molecule has 0 aliphatic heterocycles. The second-order valence-corrected chi connectivity index (χ2v) is 3.88. The van der Waals surface area contributed by atoms with Gasteiger partial charge in [-0.1, -0.05) is 23.4 Å². The third-order valence-electron chi connectivity index (χ3n) is 1.68. The van der Waals surface area contributed by atoms with Crippen LogP contribution in [0.3, 0.4) is 0 Å². The molecule has 0 saturated heterocycles. The Hall–Kier alpha value is -1.29. The molecule has 2 rings (SSSR count). The van der Waals surface area contributed by atoms with E-state index in [-0.39, 0.29) is 0 Å². The van der Waals surface area contributed by atoms with E-state index in [1.807, 2.05) is 18.2 Å². The standard InChI is InChI=1S/C10H10N2OS/c1-8-11-10(12-13-8)7-14-9-5-3-2-4-6-9/h2-6H,7H2,1H3. The summed E-state index contributed by atoms with van der Waals surface area (Å²) < 4.78 is 4.88. The lowest BCUT2D eigenvalue weighted by Gasteiger charge is -1.95. The van der Waals surface area contributed by atoms with Crippen molar-refractivity contribution >= 4 is 11.8 Å². The Kier molecular flexibility index (Phi) is 2.84. The molecule has 0 unspecified atom stereocenters.